The van der Waals surface area contributed by atoms with Gasteiger partial charge in [-0.3, -0.25) is 4.79 Å². The SMILES string of the molecule is CC(C)(CNC1CCCc2occc21)C(N)=O. The van der Waals surface area contributed by atoms with Crippen molar-refractivity contribution < 1.29 is 9.21 Å². The van der Waals surface area contributed by atoms with Gasteiger partial charge in [0.15, 0.2) is 0 Å². The van der Waals surface area contributed by atoms with E-state index in [0.29, 0.717) is 6.54 Å². The van der Waals surface area contributed by atoms with Crippen molar-refractivity contribution in [3.05, 3.63) is 23.7 Å². The highest BCUT2D eigenvalue weighted by atomic mass is 16.3. The minimum absolute atomic E-state index is 0.270. The van der Waals surface area contributed by atoms with E-state index in [9.17, 15) is 4.79 Å². The van der Waals surface area contributed by atoms with Crippen LogP contribution in [-0.4, -0.2) is 12.5 Å². The molecule has 1 aliphatic carbocycles. The van der Waals surface area contributed by atoms with E-state index in [2.05, 4.69) is 5.32 Å². The van der Waals surface area contributed by atoms with Gasteiger partial charge in [0.05, 0.1) is 11.7 Å². The lowest BCUT2D eigenvalue weighted by Crippen LogP contribution is -2.42. The molecule has 0 saturated heterocycles. The molecule has 1 heterocycles. The van der Waals surface area contributed by atoms with Crippen molar-refractivity contribution in [3.8, 4) is 0 Å². The van der Waals surface area contributed by atoms with Crippen LogP contribution in [0.15, 0.2) is 16.7 Å². The van der Waals surface area contributed by atoms with E-state index < -0.39 is 5.41 Å². The Kier molecular flexibility index (Phi) is 3.24. The van der Waals surface area contributed by atoms with Crippen molar-refractivity contribution in [1.82, 2.24) is 5.32 Å². The number of amides is 1. The predicted molar refractivity (Wildman–Crippen MR) is 65.4 cm³/mol. The van der Waals surface area contributed by atoms with Crippen LogP contribution < -0.4 is 11.1 Å². The standard InChI is InChI=1S/C13H20N2O2/c1-13(2,12(14)16)8-15-10-4-3-5-11-9(10)6-7-17-11/h6-7,10,15H,3-5,8H2,1-2H3,(H2,14,16). The zero-order chi connectivity index (χ0) is 12.5. The summed E-state index contributed by atoms with van der Waals surface area (Å²) in [6.07, 6.45) is 4.96. The number of hydrogen-bond acceptors (Lipinski definition) is 3. The number of nitrogens with one attached hydrogen (secondary N) is 1. The van der Waals surface area contributed by atoms with Gasteiger partial charge in [0.2, 0.25) is 5.91 Å². The summed E-state index contributed by atoms with van der Waals surface area (Å²) >= 11 is 0. The van der Waals surface area contributed by atoms with Gasteiger partial charge >= 0.3 is 0 Å². The highest BCUT2D eigenvalue weighted by Gasteiger charge is 2.28. The number of aryl methyl sites for hydroxylation is 1. The fraction of sp³-hybridized carbons (Fsp3) is 0.615. The van der Waals surface area contributed by atoms with Gasteiger partial charge in [-0.2, -0.15) is 0 Å². The highest BCUT2D eigenvalue weighted by molar-refractivity contribution is 5.80. The maximum Gasteiger partial charge on any atom is 0.224 e. The van der Waals surface area contributed by atoms with Crippen LogP contribution in [0.4, 0.5) is 0 Å². The van der Waals surface area contributed by atoms with E-state index in [0.717, 1.165) is 25.0 Å². The molecule has 1 aromatic rings. The summed E-state index contributed by atoms with van der Waals surface area (Å²) in [6, 6.07) is 2.31. The van der Waals surface area contributed by atoms with Crippen molar-refractivity contribution in [1.29, 1.82) is 0 Å². The minimum Gasteiger partial charge on any atom is -0.469 e. The summed E-state index contributed by atoms with van der Waals surface area (Å²) in [4.78, 5) is 11.3. The van der Waals surface area contributed by atoms with E-state index >= 15 is 0 Å². The normalized spacial score (nSPS) is 20.0. The molecule has 0 spiro atoms. The molecule has 4 nitrogen and oxygen atoms in total. The van der Waals surface area contributed by atoms with Gasteiger partial charge in [-0.1, -0.05) is 0 Å². The van der Waals surface area contributed by atoms with Crippen molar-refractivity contribution in [2.45, 2.75) is 39.2 Å². The van der Waals surface area contributed by atoms with Gasteiger partial charge in [-0.15, -0.1) is 0 Å². The van der Waals surface area contributed by atoms with Gasteiger partial charge in [-0.05, 0) is 32.8 Å². The number of nitrogens with two attached hydrogens (primary N) is 1. The van der Waals surface area contributed by atoms with Crippen LogP contribution in [0.3, 0.4) is 0 Å². The number of primary amides is 1. The van der Waals surface area contributed by atoms with Crippen molar-refractivity contribution in [3.63, 3.8) is 0 Å². The molecular formula is C13H20N2O2. The molecule has 1 amide bonds. The van der Waals surface area contributed by atoms with Crippen molar-refractivity contribution in [2.24, 2.45) is 11.1 Å². The van der Waals surface area contributed by atoms with Gasteiger partial charge in [0.1, 0.15) is 5.76 Å². The summed E-state index contributed by atoms with van der Waals surface area (Å²) in [6.45, 7) is 4.32. The Labute approximate surface area is 102 Å². The number of rotatable bonds is 4. The number of fused-ring (bicyclic) bond motifs is 1. The van der Waals surface area contributed by atoms with Crippen LogP contribution in [0.25, 0.3) is 0 Å². The zero-order valence-corrected chi connectivity index (χ0v) is 10.5. The third kappa shape index (κ3) is 2.52. The third-order valence-corrected chi connectivity index (χ3v) is 3.51. The Balaban J connectivity index is 2.00. The molecular weight excluding hydrogens is 216 g/mol. The quantitative estimate of drug-likeness (QED) is 0.837. The van der Waals surface area contributed by atoms with Gasteiger partial charge < -0.3 is 15.5 Å². The Hall–Kier alpha value is -1.29. The Bertz CT molecular complexity index is 409. The average Bonchev–Trinajstić information content (AvgIpc) is 2.74. The molecule has 0 bridgehead atoms. The molecule has 0 radical (unpaired) electrons. The lowest BCUT2D eigenvalue weighted by Gasteiger charge is -2.27. The largest absolute Gasteiger partial charge is 0.469 e. The molecule has 2 rings (SSSR count). The van der Waals surface area contributed by atoms with Crippen molar-refractivity contribution in [2.75, 3.05) is 6.54 Å². The molecule has 17 heavy (non-hydrogen) atoms. The fourth-order valence-electron chi connectivity index (χ4n) is 2.16. The van der Waals surface area contributed by atoms with Crippen LogP contribution >= 0.6 is 0 Å². The van der Waals surface area contributed by atoms with E-state index in [1.54, 1.807) is 6.26 Å². The summed E-state index contributed by atoms with van der Waals surface area (Å²) in [7, 11) is 0. The summed E-state index contributed by atoms with van der Waals surface area (Å²) in [5.41, 5.74) is 6.08. The topological polar surface area (TPSA) is 68.3 Å². The number of carbonyl (C=O) groups excluding carboxylic acids is 1. The first-order chi connectivity index (χ1) is 8.00. The van der Waals surface area contributed by atoms with Gasteiger partial charge in [0, 0.05) is 24.6 Å². The first-order valence-corrected chi connectivity index (χ1v) is 6.10. The summed E-state index contributed by atoms with van der Waals surface area (Å²) in [5.74, 6) is 0.804. The fourth-order valence-corrected chi connectivity index (χ4v) is 2.16. The van der Waals surface area contributed by atoms with E-state index in [1.807, 2.05) is 19.9 Å². The molecule has 1 aromatic heterocycles. The van der Waals surface area contributed by atoms with Crippen molar-refractivity contribution >= 4 is 5.91 Å². The number of hydrogen-bond donors (Lipinski definition) is 2. The second kappa shape index (κ2) is 4.53. The smallest absolute Gasteiger partial charge is 0.224 e. The van der Waals surface area contributed by atoms with E-state index in [1.165, 1.54) is 5.56 Å². The molecule has 1 aliphatic rings. The van der Waals surface area contributed by atoms with Crippen LogP contribution in [0.2, 0.25) is 0 Å². The Morgan fingerprint density at radius 2 is 2.41 bits per heavy atom. The second-order valence-corrected chi connectivity index (χ2v) is 5.37. The van der Waals surface area contributed by atoms with Gasteiger partial charge in [-0.25, -0.2) is 0 Å². The molecule has 1 unspecified atom stereocenters. The molecule has 1 atom stereocenters. The van der Waals surface area contributed by atoms with Crippen LogP contribution in [0, 0.1) is 5.41 Å². The third-order valence-electron chi connectivity index (χ3n) is 3.51. The maximum atomic E-state index is 11.3. The monoisotopic (exact) mass is 236 g/mol. The maximum absolute atomic E-state index is 11.3. The van der Waals surface area contributed by atoms with Gasteiger partial charge in [0.25, 0.3) is 0 Å². The molecule has 0 saturated carbocycles. The van der Waals surface area contributed by atoms with Crippen LogP contribution in [0.1, 0.15) is 44.1 Å². The first kappa shape index (κ1) is 12.2. The molecule has 0 aliphatic heterocycles. The zero-order valence-electron chi connectivity index (χ0n) is 10.5. The molecule has 3 N–H and O–H groups in total. The molecule has 4 heteroatoms. The summed E-state index contributed by atoms with van der Waals surface area (Å²) < 4.78 is 5.43. The second-order valence-electron chi connectivity index (χ2n) is 5.37. The molecule has 94 valence electrons. The Morgan fingerprint density at radius 3 is 3.12 bits per heavy atom. The molecule has 0 aromatic carbocycles. The number of furan rings is 1. The number of carbonyl (C=O) groups is 1. The van der Waals surface area contributed by atoms with E-state index in [-0.39, 0.29) is 11.9 Å². The van der Waals surface area contributed by atoms with Crippen LogP contribution in [-0.2, 0) is 11.2 Å². The van der Waals surface area contributed by atoms with E-state index in [4.69, 9.17) is 10.2 Å². The summed E-state index contributed by atoms with van der Waals surface area (Å²) in [5, 5.41) is 3.42. The van der Waals surface area contributed by atoms with Crippen LogP contribution in [0.5, 0.6) is 0 Å². The first-order valence-electron chi connectivity index (χ1n) is 6.10. The molecule has 0 fully saturated rings. The average molecular weight is 236 g/mol. The highest BCUT2D eigenvalue weighted by Crippen LogP contribution is 2.31. The minimum atomic E-state index is -0.513. The Morgan fingerprint density at radius 1 is 1.65 bits per heavy atom. The predicted octanol–water partition coefficient (Wildman–Crippen LogP) is 1.76. The lowest BCUT2D eigenvalue weighted by atomic mass is 9.89. The lowest BCUT2D eigenvalue weighted by molar-refractivity contribution is -0.125.